The van der Waals surface area contributed by atoms with Crippen molar-refractivity contribution in [3.8, 4) is 0 Å². The molecule has 2 fully saturated rings. The highest BCUT2D eigenvalue weighted by Gasteiger charge is 2.34. The van der Waals surface area contributed by atoms with Gasteiger partial charge in [-0.2, -0.15) is 0 Å². The number of nitrogens with zero attached hydrogens (tertiary/aromatic N) is 2. The van der Waals surface area contributed by atoms with Crippen LogP contribution in [0.4, 0.5) is 0 Å². The van der Waals surface area contributed by atoms with Crippen molar-refractivity contribution in [2.75, 3.05) is 26.2 Å². The first kappa shape index (κ1) is 13.3. The van der Waals surface area contributed by atoms with Crippen molar-refractivity contribution >= 4 is 0 Å². The fraction of sp³-hybridized carbons (Fsp3) is 1.00. The van der Waals surface area contributed by atoms with Gasteiger partial charge in [-0.15, -0.1) is 0 Å². The van der Waals surface area contributed by atoms with Gasteiger partial charge in [0.1, 0.15) is 0 Å². The van der Waals surface area contributed by atoms with Gasteiger partial charge in [-0.25, -0.2) is 0 Å². The highest BCUT2D eigenvalue weighted by Crippen LogP contribution is 2.27. The molecule has 2 rings (SSSR count). The summed E-state index contributed by atoms with van der Waals surface area (Å²) >= 11 is 0. The van der Waals surface area contributed by atoms with Crippen LogP contribution in [0.5, 0.6) is 0 Å². The van der Waals surface area contributed by atoms with Crippen LogP contribution in [-0.4, -0.2) is 59.3 Å². The minimum absolute atomic E-state index is 0.0702. The molecule has 2 aliphatic rings. The van der Waals surface area contributed by atoms with Crippen LogP contribution in [0.25, 0.3) is 0 Å². The Bertz CT molecular complexity index is 230. The molecule has 0 aromatic heterocycles. The zero-order valence-electron chi connectivity index (χ0n) is 11.4. The number of hydrogen-bond acceptors (Lipinski definition) is 3. The van der Waals surface area contributed by atoms with Crippen LogP contribution < -0.4 is 0 Å². The Morgan fingerprint density at radius 1 is 1.12 bits per heavy atom. The smallest absolute Gasteiger partial charge is 0.0695 e. The number of hydrogen-bond donors (Lipinski definition) is 1. The molecule has 0 bridgehead atoms. The van der Waals surface area contributed by atoms with E-state index in [2.05, 4.69) is 23.6 Å². The Labute approximate surface area is 106 Å². The van der Waals surface area contributed by atoms with E-state index in [-0.39, 0.29) is 6.10 Å². The van der Waals surface area contributed by atoms with Crippen molar-refractivity contribution in [1.29, 1.82) is 0 Å². The molecule has 3 nitrogen and oxygen atoms in total. The molecule has 100 valence electrons. The molecule has 17 heavy (non-hydrogen) atoms. The van der Waals surface area contributed by atoms with Crippen LogP contribution in [0.2, 0.25) is 0 Å². The van der Waals surface area contributed by atoms with Crippen LogP contribution in [0.15, 0.2) is 0 Å². The standard InChI is InChI=1S/C14H28N2O/c1-3-15(4-2)12-9-10-16(11-12)13-7-5-6-8-14(13)17/h12-14,17H,3-11H2,1-2H3. The minimum Gasteiger partial charge on any atom is -0.391 e. The Kier molecular flexibility index (Phi) is 4.83. The van der Waals surface area contributed by atoms with Crippen LogP contribution in [-0.2, 0) is 0 Å². The van der Waals surface area contributed by atoms with Gasteiger partial charge < -0.3 is 5.11 Å². The molecule has 0 spiro atoms. The van der Waals surface area contributed by atoms with Gasteiger partial charge in [0.15, 0.2) is 0 Å². The van der Waals surface area contributed by atoms with Crippen LogP contribution in [0, 0.1) is 0 Å². The summed E-state index contributed by atoms with van der Waals surface area (Å²) in [5.41, 5.74) is 0. The highest BCUT2D eigenvalue weighted by molar-refractivity contribution is 4.90. The maximum atomic E-state index is 10.1. The van der Waals surface area contributed by atoms with Gasteiger partial charge in [0.05, 0.1) is 6.10 Å². The molecule has 1 saturated carbocycles. The van der Waals surface area contributed by atoms with Gasteiger partial charge in [-0.3, -0.25) is 9.80 Å². The molecule has 3 atom stereocenters. The lowest BCUT2D eigenvalue weighted by Crippen LogP contribution is -2.46. The van der Waals surface area contributed by atoms with E-state index in [1.165, 1.54) is 38.8 Å². The molecular formula is C14H28N2O. The van der Waals surface area contributed by atoms with Crippen LogP contribution >= 0.6 is 0 Å². The van der Waals surface area contributed by atoms with Crippen LogP contribution in [0.1, 0.15) is 46.0 Å². The molecule has 3 unspecified atom stereocenters. The Morgan fingerprint density at radius 3 is 2.47 bits per heavy atom. The summed E-state index contributed by atoms with van der Waals surface area (Å²) in [4.78, 5) is 5.11. The zero-order valence-corrected chi connectivity index (χ0v) is 11.4. The van der Waals surface area contributed by atoms with Crippen molar-refractivity contribution < 1.29 is 5.11 Å². The largest absolute Gasteiger partial charge is 0.391 e. The van der Waals surface area contributed by atoms with Crippen molar-refractivity contribution in [3.05, 3.63) is 0 Å². The summed E-state index contributed by atoms with van der Waals surface area (Å²) < 4.78 is 0. The third-order valence-corrected chi connectivity index (χ3v) is 4.69. The fourth-order valence-corrected chi connectivity index (χ4v) is 3.63. The van der Waals surface area contributed by atoms with Gasteiger partial charge in [0.2, 0.25) is 0 Å². The lowest BCUT2D eigenvalue weighted by molar-refractivity contribution is 0.0276. The van der Waals surface area contributed by atoms with Gasteiger partial charge in [-0.1, -0.05) is 26.7 Å². The summed E-state index contributed by atoms with van der Waals surface area (Å²) in [6, 6.07) is 1.17. The Hall–Kier alpha value is -0.120. The maximum Gasteiger partial charge on any atom is 0.0695 e. The monoisotopic (exact) mass is 240 g/mol. The molecular weight excluding hydrogens is 212 g/mol. The average Bonchev–Trinajstić information content (AvgIpc) is 2.81. The number of likely N-dealkylation sites (tertiary alicyclic amines) is 1. The van der Waals surface area contributed by atoms with Gasteiger partial charge in [0, 0.05) is 25.2 Å². The predicted octanol–water partition coefficient (Wildman–Crippen LogP) is 1.71. The highest BCUT2D eigenvalue weighted by atomic mass is 16.3. The van der Waals surface area contributed by atoms with E-state index in [0.29, 0.717) is 6.04 Å². The fourth-order valence-electron chi connectivity index (χ4n) is 3.63. The molecule has 0 aromatic rings. The lowest BCUT2D eigenvalue weighted by atomic mass is 9.91. The predicted molar refractivity (Wildman–Crippen MR) is 71.2 cm³/mol. The molecule has 1 aliphatic carbocycles. The van der Waals surface area contributed by atoms with Gasteiger partial charge >= 0.3 is 0 Å². The lowest BCUT2D eigenvalue weighted by Gasteiger charge is -2.36. The summed E-state index contributed by atoms with van der Waals surface area (Å²) in [5, 5.41) is 10.1. The first-order valence-corrected chi connectivity index (χ1v) is 7.42. The van der Waals surface area contributed by atoms with E-state index >= 15 is 0 Å². The van der Waals surface area contributed by atoms with E-state index in [9.17, 15) is 5.11 Å². The van der Waals surface area contributed by atoms with Crippen LogP contribution in [0.3, 0.4) is 0 Å². The molecule has 1 N–H and O–H groups in total. The average molecular weight is 240 g/mol. The van der Waals surface area contributed by atoms with Crippen molar-refractivity contribution in [2.24, 2.45) is 0 Å². The second-order valence-corrected chi connectivity index (χ2v) is 5.58. The van der Waals surface area contributed by atoms with Crippen molar-refractivity contribution in [3.63, 3.8) is 0 Å². The van der Waals surface area contributed by atoms with E-state index in [0.717, 1.165) is 25.6 Å². The summed E-state index contributed by atoms with van der Waals surface area (Å²) in [6.07, 6.45) is 5.94. The van der Waals surface area contributed by atoms with E-state index in [4.69, 9.17) is 0 Å². The SMILES string of the molecule is CCN(CC)C1CCN(C2CCCCC2O)C1. The molecule has 1 heterocycles. The molecule has 0 amide bonds. The van der Waals surface area contributed by atoms with E-state index in [1.807, 2.05) is 0 Å². The molecule has 1 aliphatic heterocycles. The van der Waals surface area contributed by atoms with Crippen molar-refractivity contribution in [2.45, 2.75) is 64.1 Å². The second-order valence-electron chi connectivity index (χ2n) is 5.58. The third kappa shape index (κ3) is 3.01. The molecule has 3 heteroatoms. The molecule has 0 radical (unpaired) electrons. The second kappa shape index (κ2) is 6.17. The summed E-state index contributed by atoms with van der Waals surface area (Å²) in [7, 11) is 0. The maximum absolute atomic E-state index is 10.1. The number of aliphatic hydroxyl groups excluding tert-OH is 1. The summed E-state index contributed by atoms with van der Waals surface area (Å²) in [6.45, 7) is 9.17. The minimum atomic E-state index is -0.0702. The van der Waals surface area contributed by atoms with Gasteiger partial charge in [0.25, 0.3) is 0 Å². The first-order valence-electron chi connectivity index (χ1n) is 7.42. The quantitative estimate of drug-likeness (QED) is 0.810. The number of aliphatic hydroxyl groups is 1. The zero-order chi connectivity index (χ0) is 12.3. The summed E-state index contributed by atoms with van der Waals surface area (Å²) in [5.74, 6) is 0. The normalized spacial score (nSPS) is 35.6. The van der Waals surface area contributed by atoms with Gasteiger partial charge in [-0.05, 0) is 32.4 Å². The number of likely N-dealkylation sites (N-methyl/N-ethyl adjacent to an activating group) is 1. The topological polar surface area (TPSA) is 26.7 Å². The van der Waals surface area contributed by atoms with E-state index in [1.54, 1.807) is 0 Å². The first-order chi connectivity index (χ1) is 8.26. The molecule has 0 aromatic carbocycles. The van der Waals surface area contributed by atoms with Crippen molar-refractivity contribution in [1.82, 2.24) is 9.80 Å². The third-order valence-electron chi connectivity index (χ3n) is 4.69. The Balaban J connectivity index is 1.88. The van der Waals surface area contributed by atoms with E-state index < -0.39 is 0 Å². The molecule has 1 saturated heterocycles. The number of rotatable bonds is 4. The Morgan fingerprint density at radius 2 is 1.82 bits per heavy atom.